The molecule has 0 unspecified atom stereocenters. The molecule has 0 radical (unpaired) electrons. The number of rotatable bonds is 4. The van der Waals surface area contributed by atoms with Gasteiger partial charge in [-0.05, 0) is 12.3 Å². The second kappa shape index (κ2) is 6.14. The van der Waals surface area contributed by atoms with Gasteiger partial charge in [-0.15, -0.1) is 10.2 Å². The van der Waals surface area contributed by atoms with Gasteiger partial charge in [-0.3, -0.25) is 4.79 Å². The Bertz CT molecular complexity index is 440. The van der Waals surface area contributed by atoms with Crippen molar-refractivity contribution >= 4 is 5.91 Å². The van der Waals surface area contributed by atoms with Crippen LogP contribution in [0.2, 0.25) is 0 Å². The lowest BCUT2D eigenvalue weighted by atomic mass is 10.0. The summed E-state index contributed by atoms with van der Waals surface area (Å²) in [5, 5.41) is 14.9. The Hall–Kier alpha value is -1.43. The van der Waals surface area contributed by atoms with Crippen LogP contribution in [-0.2, 0) is 17.8 Å². The molecular formula is C13H23N5O. The quantitative estimate of drug-likeness (QED) is 0.838. The van der Waals surface area contributed by atoms with E-state index < -0.39 is 0 Å². The van der Waals surface area contributed by atoms with E-state index in [-0.39, 0.29) is 11.9 Å². The van der Waals surface area contributed by atoms with Gasteiger partial charge in [0.05, 0.1) is 6.04 Å². The Morgan fingerprint density at radius 3 is 2.89 bits per heavy atom. The summed E-state index contributed by atoms with van der Waals surface area (Å²) in [5.41, 5.74) is 0. The molecule has 6 heteroatoms. The van der Waals surface area contributed by atoms with Gasteiger partial charge in [-0.25, -0.2) is 0 Å². The van der Waals surface area contributed by atoms with Crippen LogP contribution in [0.25, 0.3) is 0 Å². The van der Waals surface area contributed by atoms with Crippen LogP contribution in [0.4, 0.5) is 0 Å². The maximum Gasteiger partial charge on any atom is 0.217 e. The lowest BCUT2D eigenvalue weighted by molar-refractivity contribution is -0.119. The Labute approximate surface area is 114 Å². The summed E-state index contributed by atoms with van der Waals surface area (Å²) in [5.74, 6) is 2.38. The summed E-state index contributed by atoms with van der Waals surface area (Å²) >= 11 is 0. The molecule has 2 heterocycles. The van der Waals surface area contributed by atoms with Gasteiger partial charge < -0.3 is 15.2 Å². The molecule has 0 aliphatic carbocycles. The average molecular weight is 265 g/mol. The summed E-state index contributed by atoms with van der Waals surface area (Å²) in [6, 6.07) is -0.0446. The van der Waals surface area contributed by atoms with Crippen LogP contribution in [0.3, 0.4) is 0 Å². The maximum atomic E-state index is 11.4. The summed E-state index contributed by atoms with van der Waals surface area (Å²) in [4.78, 5) is 11.4. The SMILES string of the molecule is CC(=O)N[C@@H](CC(C)C)c1nnc2n1CCNCC2. The highest BCUT2D eigenvalue weighted by molar-refractivity contribution is 5.73. The molecule has 0 bridgehead atoms. The van der Waals surface area contributed by atoms with Crippen LogP contribution in [0.5, 0.6) is 0 Å². The summed E-state index contributed by atoms with van der Waals surface area (Å²) in [7, 11) is 0. The number of nitrogens with zero attached hydrogens (tertiary/aromatic N) is 3. The van der Waals surface area contributed by atoms with E-state index in [1.54, 1.807) is 6.92 Å². The molecule has 0 saturated heterocycles. The van der Waals surface area contributed by atoms with Gasteiger partial charge in [0.2, 0.25) is 5.91 Å². The van der Waals surface area contributed by atoms with Crippen molar-refractivity contribution in [3.63, 3.8) is 0 Å². The van der Waals surface area contributed by atoms with E-state index in [1.165, 1.54) is 0 Å². The summed E-state index contributed by atoms with van der Waals surface area (Å²) < 4.78 is 2.16. The van der Waals surface area contributed by atoms with Gasteiger partial charge >= 0.3 is 0 Å². The zero-order valence-electron chi connectivity index (χ0n) is 11.9. The molecule has 2 rings (SSSR count). The maximum absolute atomic E-state index is 11.4. The molecule has 6 nitrogen and oxygen atoms in total. The number of carbonyl (C=O) groups excluding carboxylic acids is 1. The Morgan fingerprint density at radius 1 is 1.42 bits per heavy atom. The monoisotopic (exact) mass is 265 g/mol. The van der Waals surface area contributed by atoms with Crippen LogP contribution in [0.1, 0.15) is 44.9 Å². The number of hydrogen-bond acceptors (Lipinski definition) is 4. The van der Waals surface area contributed by atoms with Crippen molar-refractivity contribution in [3.05, 3.63) is 11.6 Å². The number of amides is 1. The highest BCUT2D eigenvalue weighted by Gasteiger charge is 2.23. The van der Waals surface area contributed by atoms with E-state index in [2.05, 4.69) is 39.2 Å². The molecule has 1 aliphatic rings. The Kier molecular flexibility index (Phi) is 4.52. The minimum Gasteiger partial charge on any atom is -0.346 e. The molecule has 0 fully saturated rings. The van der Waals surface area contributed by atoms with Crippen LogP contribution < -0.4 is 10.6 Å². The third kappa shape index (κ3) is 3.53. The van der Waals surface area contributed by atoms with Crippen molar-refractivity contribution in [2.75, 3.05) is 13.1 Å². The summed E-state index contributed by atoms with van der Waals surface area (Å²) in [6.07, 6.45) is 1.77. The third-order valence-electron chi connectivity index (χ3n) is 3.29. The van der Waals surface area contributed by atoms with E-state index in [0.29, 0.717) is 5.92 Å². The first-order valence-corrected chi connectivity index (χ1v) is 6.97. The largest absolute Gasteiger partial charge is 0.346 e. The van der Waals surface area contributed by atoms with Crippen LogP contribution in [0.15, 0.2) is 0 Å². The van der Waals surface area contributed by atoms with E-state index in [9.17, 15) is 4.79 Å². The fourth-order valence-corrected chi connectivity index (χ4v) is 2.50. The first kappa shape index (κ1) is 14.0. The van der Waals surface area contributed by atoms with Crippen molar-refractivity contribution in [2.45, 2.75) is 46.2 Å². The molecule has 1 aromatic heterocycles. The highest BCUT2D eigenvalue weighted by Crippen LogP contribution is 2.21. The minimum atomic E-state index is -0.0446. The van der Waals surface area contributed by atoms with Gasteiger partial charge in [0.25, 0.3) is 0 Å². The highest BCUT2D eigenvalue weighted by atomic mass is 16.1. The number of nitrogens with one attached hydrogen (secondary N) is 2. The van der Waals surface area contributed by atoms with Crippen molar-refractivity contribution in [1.82, 2.24) is 25.4 Å². The molecule has 1 amide bonds. The summed E-state index contributed by atoms with van der Waals surface area (Å²) in [6.45, 7) is 8.58. The number of aromatic nitrogens is 3. The average Bonchev–Trinajstić information content (AvgIpc) is 2.56. The minimum absolute atomic E-state index is 0.0188. The first-order chi connectivity index (χ1) is 9.08. The lowest BCUT2D eigenvalue weighted by Crippen LogP contribution is -2.30. The molecule has 1 aromatic rings. The van der Waals surface area contributed by atoms with E-state index in [0.717, 1.165) is 44.1 Å². The Morgan fingerprint density at radius 2 is 2.21 bits per heavy atom. The van der Waals surface area contributed by atoms with E-state index in [1.807, 2.05) is 0 Å². The molecule has 0 spiro atoms. The predicted octanol–water partition coefficient (Wildman–Crippen LogP) is 0.647. The third-order valence-corrected chi connectivity index (χ3v) is 3.29. The smallest absolute Gasteiger partial charge is 0.217 e. The fraction of sp³-hybridized carbons (Fsp3) is 0.769. The standard InChI is InChI=1S/C13H23N5O/c1-9(2)8-11(15-10(3)19)13-17-16-12-4-5-14-6-7-18(12)13/h9,11,14H,4-8H2,1-3H3,(H,15,19)/t11-/m0/s1. The lowest BCUT2D eigenvalue weighted by Gasteiger charge is -2.20. The van der Waals surface area contributed by atoms with E-state index in [4.69, 9.17) is 0 Å². The van der Waals surface area contributed by atoms with Gasteiger partial charge in [0, 0.05) is 33.0 Å². The number of fused-ring (bicyclic) bond motifs is 1. The molecular weight excluding hydrogens is 242 g/mol. The van der Waals surface area contributed by atoms with Crippen molar-refractivity contribution in [3.8, 4) is 0 Å². The van der Waals surface area contributed by atoms with Crippen molar-refractivity contribution < 1.29 is 4.79 Å². The van der Waals surface area contributed by atoms with Crippen LogP contribution in [-0.4, -0.2) is 33.8 Å². The molecule has 1 atom stereocenters. The van der Waals surface area contributed by atoms with Gasteiger partial charge in [0.15, 0.2) is 5.82 Å². The molecule has 2 N–H and O–H groups in total. The zero-order chi connectivity index (χ0) is 13.8. The topological polar surface area (TPSA) is 71.8 Å². The number of carbonyl (C=O) groups is 1. The second-order valence-electron chi connectivity index (χ2n) is 5.51. The molecule has 106 valence electrons. The van der Waals surface area contributed by atoms with Crippen LogP contribution >= 0.6 is 0 Å². The van der Waals surface area contributed by atoms with Crippen molar-refractivity contribution in [1.29, 1.82) is 0 Å². The van der Waals surface area contributed by atoms with Gasteiger partial charge in [-0.1, -0.05) is 13.8 Å². The van der Waals surface area contributed by atoms with Crippen LogP contribution in [0, 0.1) is 5.92 Å². The second-order valence-corrected chi connectivity index (χ2v) is 5.51. The van der Waals surface area contributed by atoms with Crippen molar-refractivity contribution in [2.24, 2.45) is 5.92 Å². The van der Waals surface area contributed by atoms with E-state index >= 15 is 0 Å². The molecule has 19 heavy (non-hydrogen) atoms. The molecule has 0 aromatic carbocycles. The number of hydrogen-bond donors (Lipinski definition) is 2. The predicted molar refractivity (Wildman–Crippen MR) is 72.6 cm³/mol. The fourth-order valence-electron chi connectivity index (χ4n) is 2.50. The Balaban J connectivity index is 2.25. The molecule has 0 saturated carbocycles. The van der Waals surface area contributed by atoms with Gasteiger partial charge in [-0.2, -0.15) is 0 Å². The zero-order valence-corrected chi connectivity index (χ0v) is 11.9. The normalized spacial score (nSPS) is 16.8. The van der Waals surface area contributed by atoms with Gasteiger partial charge in [0.1, 0.15) is 5.82 Å². The first-order valence-electron chi connectivity index (χ1n) is 6.97. The molecule has 1 aliphatic heterocycles.